The minimum absolute atomic E-state index is 0.0588. The van der Waals surface area contributed by atoms with Gasteiger partial charge in [0.1, 0.15) is 0 Å². The van der Waals surface area contributed by atoms with Gasteiger partial charge < -0.3 is 25.1 Å². The molecular weight excluding hydrogens is 575 g/mol. The third-order valence-corrected chi connectivity index (χ3v) is 8.35. The summed E-state index contributed by atoms with van der Waals surface area (Å²) in [6.45, 7) is 8.46. The molecule has 14 heteroatoms. The first kappa shape index (κ1) is 33.1. The normalized spacial score (nSPS) is 16.7. The number of anilines is 2. The van der Waals surface area contributed by atoms with Crippen LogP contribution in [-0.2, 0) is 21.2 Å². The zero-order chi connectivity index (χ0) is 30.9. The number of carbonyl (C=O) groups is 2. The van der Waals surface area contributed by atoms with Crippen molar-refractivity contribution in [1.29, 1.82) is 0 Å². The van der Waals surface area contributed by atoms with Gasteiger partial charge in [-0.3, -0.25) is 9.52 Å². The Balaban J connectivity index is 0.000000616. The van der Waals surface area contributed by atoms with Crippen molar-refractivity contribution in [3.8, 4) is 0 Å². The Morgan fingerprint density at radius 2 is 1.62 bits per heavy atom. The number of carboxylic acid groups (broad SMARTS) is 1. The van der Waals surface area contributed by atoms with E-state index in [0.29, 0.717) is 24.3 Å². The molecule has 0 bridgehead atoms. The van der Waals surface area contributed by atoms with Gasteiger partial charge in [-0.2, -0.15) is 13.2 Å². The maximum Gasteiger partial charge on any atom is 0.490 e. The quantitative estimate of drug-likeness (QED) is 0.435. The van der Waals surface area contributed by atoms with Gasteiger partial charge in [-0.15, -0.1) is 0 Å². The van der Waals surface area contributed by atoms with E-state index in [4.69, 9.17) is 9.90 Å². The number of aryl methyl sites for hydroxylation is 1. The number of benzene rings is 2. The van der Waals surface area contributed by atoms with Crippen LogP contribution in [0.3, 0.4) is 0 Å². The Bertz CT molecular complexity index is 1320. The Morgan fingerprint density at radius 1 is 0.976 bits per heavy atom. The van der Waals surface area contributed by atoms with E-state index in [1.165, 1.54) is 0 Å². The molecule has 2 aliphatic heterocycles. The molecule has 0 unspecified atom stereocenters. The van der Waals surface area contributed by atoms with E-state index in [0.717, 1.165) is 69.8 Å². The highest BCUT2D eigenvalue weighted by molar-refractivity contribution is 7.92. The van der Waals surface area contributed by atoms with Gasteiger partial charge in [0.25, 0.3) is 15.9 Å². The van der Waals surface area contributed by atoms with Crippen LogP contribution in [0.1, 0.15) is 35.7 Å². The second-order valence-corrected chi connectivity index (χ2v) is 11.9. The Hall–Kier alpha value is -3.36. The molecule has 42 heavy (non-hydrogen) atoms. The lowest BCUT2D eigenvalue weighted by Crippen LogP contribution is -2.43. The third kappa shape index (κ3) is 9.33. The van der Waals surface area contributed by atoms with Crippen molar-refractivity contribution in [2.75, 3.05) is 69.0 Å². The average Bonchev–Trinajstić information content (AvgIpc) is 3.17. The molecule has 0 saturated carbocycles. The number of amides is 1. The molecule has 10 nitrogen and oxygen atoms in total. The highest BCUT2D eigenvalue weighted by Gasteiger charge is 2.38. The highest BCUT2D eigenvalue weighted by atomic mass is 32.2. The van der Waals surface area contributed by atoms with E-state index >= 15 is 0 Å². The second kappa shape index (κ2) is 14.7. The number of hydrogen-bond donors (Lipinski definition) is 3. The third-order valence-electron chi connectivity index (χ3n) is 6.97. The molecule has 4 rings (SSSR count). The van der Waals surface area contributed by atoms with Crippen LogP contribution in [0, 0.1) is 0 Å². The summed E-state index contributed by atoms with van der Waals surface area (Å²) in [6.07, 6.45) is -2.24. The number of rotatable bonds is 7. The van der Waals surface area contributed by atoms with Crippen molar-refractivity contribution in [2.24, 2.45) is 0 Å². The monoisotopic (exact) mass is 613 g/mol. The Kier molecular flexibility index (Phi) is 11.6. The van der Waals surface area contributed by atoms with Crippen LogP contribution in [-0.4, -0.2) is 101 Å². The molecule has 1 amide bonds. The summed E-state index contributed by atoms with van der Waals surface area (Å²) in [5.41, 5.74) is 2.86. The largest absolute Gasteiger partial charge is 0.490 e. The average molecular weight is 614 g/mol. The Morgan fingerprint density at radius 3 is 2.21 bits per heavy atom. The van der Waals surface area contributed by atoms with Crippen LogP contribution in [0.25, 0.3) is 0 Å². The molecule has 2 aromatic rings. The number of nitrogens with one attached hydrogen (secondary N) is 2. The SMILES string of the molecule is CCCc1ccc(S(=O)(=O)Nc2cc(C(=O)N3CCCN(C)CC3)ccc2N2CCNCC2)cc1.O=C(O)C(F)(F)F. The smallest absolute Gasteiger partial charge is 0.475 e. The molecule has 2 saturated heterocycles. The minimum Gasteiger partial charge on any atom is -0.475 e. The lowest BCUT2D eigenvalue weighted by molar-refractivity contribution is -0.192. The molecule has 2 fully saturated rings. The molecule has 2 aromatic carbocycles. The number of likely N-dealkylation sites (N-methyl/N-ethyl adjacent to an activating group) is 1. The molecule has 3 N–H and O–H groups in total. The van der Waals surface area contributed by atoms with E-state index in [1.807, 2.05) is 29.2 Å². The minimum atomic E-state index is -5.08. The number of carbonyl (C=O) groups excluding carboxylic acids is 1. The predicted octanol–water partition coefficient (Wildman–Crippen LogP) is 3.26. The van der Waals surface area contributed by atoms with E-state index in [9.17, 15) is 26.4 Å². The molecule has 0 radical (unpaired) electrons. The molecule has 232 valence electrons. The first-order valence-corrected chi connectivity index (χ1v) is 15.3. The number of piperazine rings is 1. The number of sulfonamides is 1. The molecule has 2 heterocycles. The fourth-order valence-electron chi connectivity index (χ4n) is 4.69. The van der Waals surface area contributed by atoms with Gasteiger partial charge in [0.05, 0.1) is 16.3 Å². The summed E-state index contributed by atoms with van der Waals surface area (Å²) < 4.78 is 61.2. The van der Waals surface area contributed by atoms with Gasteiger partial charge in [0, 0.05) is 51.4 Å². The first-order chi connectivity index (χ1) is 19.8. The van der Waals surface area contributed by atoms with Crippen LogP contribution in [0.4, 0.5) is 24.5 Å². The summed E-state index contributed by atoms with van der Waals surface area (Å²) in [5, 5.41) is 10.5. The van der Waals surface area contributed by atoms with Crippen LogP contribution in [0.5, 0.6) is 0 Å². The molecule has 2 aliphatic rings. The van der Waals surface area contributed by atoms with Crippen molar-refractivity contribution in [3.63, 3.8) is 0 Å². The summed E-state index contributed by atoms with van der Waals surface area (Å²) >= 11 is 0. The lowest BCUT2D eigenvalue weighted by Gasteiger charge is -2.31. The van der Waals surface area contributed by atoms with Crippen molar-refractivity contribution in [2.45, 2.75) is 37.3 Å². The maximum atomic E-state index is 13.3. The second-order valence-electron chi connectivity index (χ2n) is 10.2. The zero-order valence-corrected chi connectivity index (χ0v) is 24.6. The van der Waals surface area contributed by atoms with E-state index in [2.05, 4.69) is 33.8 Å². The molecule has 0 atom stereocenters. The lowest BCUT2D eigenvalue weighted by atomic mass is 10.1. The van der Waals surface area contributed by atoms with Crippen LogP contribution >= 0.6 is 0 Å². The number of alkyl halides is 3. The van der Waals surface area contributed by atoms with Gasteiger partial charge >= 0.3 is 12.1 Å². The van der Waals surface area contributed by atoms with Crippen LogP contribution in [0.2, 0.25) is 0 Å². The van der Waals surface area contributed by atoms with Crippen molar-refractivity contribution < 1.29 is 36.3 Å². The highest BCUT2D eigenvalue weighted by Crippen LogP contribution is 2.31. The number of halogens is 3. The number of carboxylic acids is 1. The van der Waals surface area contributed by atoms with E-state index < -0.39 is 22.2 Å². The topological polar surface area (TPSA) is 122 Å². The van der Waals surface area contributed by atoms with Gasteiger partial charge in [0.15, 0.2) is 0 Å². The van der Waals surface area contributed by atoms with Crippen molar-refractivity contribution >= 4 is 33.3 Å². The van der Waals surface area contributed by atoms with Gasteiger partial charge in [0.2, 0.25) is 0 Å². The summed E-state index contributed by atoms with van der Waals surface area (Å²) in [5.74, 6) is -2.82. The summed E-state index contributed by atoms with van der Waals surface area (Å²) in [7, 11) is -1.74. The standard InChI is InChI=1S/C26H37N5O3S.C2HF3O2/c1-3-5-21-6-9-23(10-7-21)35(33,34)28-24-20-22(8-11-25(24)30-16-12-27-13-17-30)26(32)31-15-4-14-29(2)18-19-31;3-2(4,5)1(6)7/h6-11,20,27-28H,3-5,12-19H2,1-2H3;(H,6,7). The van der Waals surface area contributed by atoms with Crippen LogP contribution in [0.15, 0.2) is 47.4 Å². The number of aliphatic carboxylic acids is 1. The van der Waals surface area contributed by atoms with E-state index in [-0.39, 0.29) is 10.8 Å². The van der Waals surface area contributed by atoms with Crippen molar-refractivity contribution in [3.05, 3.63) is 53.6 Å². The maximum absolute atomic E-state index is 13.3. The fraction of sp³-hybridized carbons (Fsp3) is 0.500. The predicted molar refractivity (Wildman–Crippen MR) is 154 cm³/mol. The summed E-state index contributed by atoms with van der Waals surface area (Å²) in [4.78, 5) is 28.7. The number of hydrogen-bond acceptors (Lipinski definition) is 7. The van der Waals surface area contributed by atoms with E-state index in [1.54, 1.807) is 18.2 Å². The first-order valence-electron chi connectivity index (χ1n) is 13.8. The molecule has 0 aromatic heterocycles. The van der Waals surface area contributed by atoms with Crippen molar-refractivity contribution in [1.82, 2.24) is 15.1 Å². The van der Waals surface area contributed by atoms with Gasteiger partial charge in [-0.1, -0.05) is 25.5 Å². The fourth-order valence-corrected chi connectivity index (χ4v) is 5.76. The van der Waals surface area contributed by atoms with Crippen LogP contribution < -0.4 is 14.9 Å². The molecule has 0 spiro atoms. The van der Waals surface area contributed by atoms with Gasteiger partial charge in [-0.05, 0) is 62.3 Å². The number of nitrogens with zero attached hydrogens (tertiary/aromatic N) is 3. The Labute approximate surface area is 244 Å². The molecular formula is C28H38F3N5O5S. The zero-order valence-electron chi connectivity index (χ0n) is 23.8. The van der Waals surface area contributed by atoms with Gasteiger partial charge in [-0.25, -0.2) is 13.2 Å². The molecule has 0 aliphatic carbocycles. The summed E-state index contributed by atoms with van der Waals surface area (Å²) in [6, 6.07) is 12.5.